The van der Waals surface area contributed by atoms with E-state index in [-0.39, 0.29) is 12.1 Å². The van der Waals surface area contributed by atoms with Crippen LogP contribution in [0.4, 0.5) is 4.79 Å². The molecule has 1 aromatic rings. The molecule has 0 spiro atoms. The highest BCUT2D eigenvalue weighted by molar-refractivity contribution is 5.68. The van der Waals surface area contributed by atoms with Crippen LogP contribution in [0.25, 0.3) is 0 Å². The van der Waals surface area contributed by atoms with Crippen molar-refractivity contribution in [3.05, 3.63) is 35.4 Å². The number of benzene rings is 1. The Morgan fingerprint density at radius 1 is 1.24 bits per heavy atom. The van der Waals surface area contributed by atoms with Gasteiger partial charge in [0.15, 0.2) is 0 Å². The molecule has 0 radical (unpaired) electrons. The summed E-state index contributed by atoms with van der Waals surface area (Å²) >= 11 is 0. The van der Waals surface area contributed by atoms with Gasteiger partial charge in [0.2, 0.25) is 0 Å². The maximum Gasteiger partial charge on any atom is 0.407 e. The highest BCUT2D eigenvalue weighted by Crippen LogP contribution is 2.09. The SMILES string of the molecule is CCc1ccccc1CNCC(C)NC(=O)OC(C)(C)C. The van der Waals surface area contributed by atoms with E-state index in [1.165, 1.54) is 11.1 Å². The van der Waals surface area contributed by atoms with E-state index >= 15 is 0 Å². The molecule has 1 rings (SSSR count). The first-order valence-electron chi connectivity index (χ1n) is 7.59. The van der Waals surface area contributed by atoms with Crippen LogP contribution in [-0.2, 0) is 17.7 Å². The van der Waals surface area contributed by atoms with Crippen molar-refractivity contribution in [2.75, 3.05) is 6.54 Å². The summed E-state index contributed by atoms with van der Waals surface area (Å²) in [7, 11) is 0. The fourth-order valence-corrected chi connectivity index (χ4v) is 2.06. The van der Waals surface area contributed by atoms with Gasteiger partial charge in [-0.3, -0.25) is 0 Å². The molecule has 118 valence electrons. The Morgan fingerprint density at radius 2 is 1.86 bits per heavy atom. The number of amides is 1. The highest BCUT2D eigenvalue weighted by atomic mass is 16.6. The lowest BCUT2D eigenvalue weighted by molar-refractivity contribution is 0.0508. The minimum Gasteiger partial charge on any atom is -0.444 e. The van der Waals surface area contributed by atoms with Crippen LogP contribution in [0.15, 0.2) is 24.3 Å². The zero-order valence-corrected chi connectivity index (χ0v) is 13.8. The molecule has 0 aliphatic heterocycles. The Morgan fingerprint density at radius 3 is 2.43 bits per heavy atom. The summed E-state index contributed by atoms with van der Waals surface area (Å²) in [5, 5.41) is 6.20. The number of hydrogen-bond acceptors (Lipinski definition) is 3. The molecule has 0 heterocycles. The molecule has 21 heavy (non-hydrogen) atoms. The summed E-state index contributed by atoms with van der Waals surface area (Å²) in [5.74, 6) is 0. The molecule has 0 bridgehead atoms. The summed E-state index contributed by atoms with van der Waals surface area (Å²) in [6.45, 7) is 11.2. The first kappa shape index (κ1) is 17.5. The number of nitrogens with one attached hydrogen (secondary N) is 2. The average Bonchev–Trinajstić information content (AvgIpc) is 2.36. The van der Waals surface area contributed by atoms with Crippen molar-refractivity contribution in [1.82, 2.24) is 10.6 Å². The van der Waals surface area contributed by atoms with Gasteiger partial charge in [0.05, 0.1) is 0 Å². The lowest BCUT2D eigenvalue weighted by Gasteiger charge is -2.22. The summed E-state index contributed by atoms with van der Waals surface area (Å²) in [6, 6.07) is 8.43. The van der Waals surface area contributed by atoms with Gasteiger partial charge in [0.25, 0.3) is 0 Å². The van der Waals surface area contributed by atoms with E-state index < -0.39 is 5.60 Å². The second-order valence-electron chi connectivity index (χ2n) is 6.30. The third-order valence-corrected chi connectivity index (χ3v) is 3.03. The third-order valence-electron chi connectivity index (χ3n) is 3.03. The minimum atomic E-state index is -0.461. The molecule has 4 heteroatoms. The summed E-state index contributed by atoms with van der Waals surface area (Å²) in [5.41, 5.74) is 2.21. The van der Waals surface area contributed by atoms with E-state index in [1.54, 1.807) is 0 Å². The van der Waals surface area contributed by atoms with E-state index in [2.05, 4.69) is 41.8 Å². The Bertz CT molecular complexity index is 452. The molecule has 0 aliphatic carbocycles. The molecule has 1 amide bonds. The molecule has 0 aromatic heterocycles. The van der Waals surface area contributed by atoms with E-state index in [0.29, 0.717) is 6.54 Å². The van der Waals surface area contributed by atoms with Gasteiger partial charge in [-0.15, -0.1) is 0 Å². The van der Waals surface area contributed by atoms with Crippen LogP contribution in [-0.4, -0.2) is 24.3 Å². The molecule has 0 saturated carbocycles. The standard InChI is InChI=1S/C17H28N2O2/c1-6-14-9-7-8-10-15(14)12-18-11-13(2)19-16(20)21-17(3,4)5/h7-10,13,18H,6,11-12H2,1-5H3,(H,19,20). The maximum atomic E-state index is 11.6. The van der Waals surface area contributed by atoms with Crippen molar-refractivity contribution >= 4 is 6.09 Å². The van der Waals surface area contributed by atoms with Gasteiger partial charge in [-0.05, 0) is 45.2 Å². The minimum absolute atomic E-state index is 0.0219. The number of ether oxygens (including phenoxy) is 1. The van der Waals surface area contributed by atoms with Gasteiger partial charge in [0.1, 0.15) is 5.60 Å². The van der Waals surface area contributed by atoms with Crippen molar-refractivity contribution in [3.8, 4) is 0 Å². The van der Waals surface area contributed by atoms with Crippen LogP contribution in [0.3, 0.4) is 0 Å². The van der Waals surface area contributed by atoms with Crippen LogP contribution < -0.4 is 10.6 Å². The summed E-state index contributed by atoms with van der Waals surface area (Å²) in [6.07, 6.45) is 0.662. The quantitative estimate of drug-likeness (QED) is 0.846. The monoisotopic (exact) mass is 292 g/mol. The Labute approximate surface area is 128 Å². The number of carbonyl (C=O) groups excluding carboxylic acids is 1. The van der Waals surface area contributed by atoms with Gasteiger partial charge in [-0.2, -0.15) is 0 Å². The molecule has 0 fully saturated rings. The lowest BCUT2D eigenvalue weighted by Crippen LogP contribution is -2.42. The van der Waals surface area contributed by atoms with E-state index in [4.69, 9.17) is 4.74 Å². The number of carbonyl (C=O) groups is 1. The van der Waals surface area contributed by atoms with Gasteiger partial charge < -0.3 is 15.4 Å². The molecule has 1 atom stereocenters. The second-order valence-corrected chi connectivity index (χ2v) is 6.30. The smallest absolute Gasteiger partial charge is 0.407 e. The first-order chi connectivity index (χ1) is 9.81. The normalized spacial score (nSPS) is 12.8. The van der Waals surface area contributed by atoms with Crippen molar-refractivity contribution in [2.45, 2.75) is 59.2 Å². The van der Waals surface area contributed by atoms with E-state index in [0.717, 1.165) is 13.0 Å². The van der Waals surface area contributed by atoms with Crippen LogP contribution >= 0.6 is 0 Å². The predicted octanol–water partition coefficient (Wildman–Crippen LogP) is 3.25. The molecule has 1 unspecified atom stereocenters. The Kier molecular flexibility index (Phi) is 6.69. The molecule has 2 N–H and O–H groups in total. The van der Waals surface area contributed by atoms with Crippen LogP contribution in [0, 0.1) is 0 Å². The van der Waals surface area contributed by atoms with Gasteiger partial charge in [-0.25, -0.2) is 4.79 Å². The Balaban J connectivity index is 2.33. The number of hydrogen-bond donors (Lipinski definition) is 2. The maximum absolute atomic E-state index is 11.6. The molecule has 4 nitrogen and oxygen atoms in total. The lowest BCUT2D eigenvalue weighted by atomic mass is 10.1. The zero-order chi connectivity index (χ0) is 15.9. The predicted molar refractivity (Wildman–Crippen MR) is 86.4 cm³/mol. The largest absolute Gasteiger partial charge is 0.444 e. The molecule has 0 aliphatic rings. The third kappa shape index (κ3) is 7.14. The van der Waals surface area contributed by atoms with Crippen molar-refractivity contribution in [2.24, 2.45) is 0 Å². The van der Waals surface area contributed by atoms with Gasteiger partial charge in [0, 0.05) is 19.1 Å². The Hall–Kier alpha value is -1.55. The molecular formula is C17H28N2O2. The van der Waals surface area contributed by atoms with Gasteiger partial charge in [-0.1, -0.05) is 31.2 Å². The topological polar surface area (TPSA) is 50.4 Å². The van der Waals surface area contributed by atoms with Crippen molar-refractivity contribution < 1.29 is 9.53 Å². The fraction of sp³-hybridized carbons (Fsp3) is 0.588. The highest BCUT2D eigenvalue weighted by Gasteiger charge is 2.17. The summed E-state index contributed by atoms with van der Waals surface area (Å²) < 4.78 is 5.23. The van der Waals surface area contributed by atoms with E-state index in [9.17, 15) is 4.79 Å². The molecular weight excluding hydrogens is 264 g/mol. The van der Waals surface area contributed by atoms with Gasteiger partial charge >= 0.3 is 6.09 Å². The zero-order valence-electron chi connectivity index (χ0n) is 13.8. The second kappa shape index (κ2) is 8.03. The number of rotatable bonds is 6. The van der Waals surface area contributed by atoms with Crippen LogP contribution in [0.5, 0.6) is 0 Å². The molecule has 1 aromatic carbocycles. The number of aryl methyl sites for hydroxylation is 1. The fourth-order valence-electron chi connectivity index (χ4n) is 2.06. The molecule has 0 saturated heterocycles. The van der Waals surface area contributed by atoms with Crippen molar-refractivity contribution in [3.63, 3.8) is 0 Å². The first-order valence-corrected chi connectivity index (χ1v) is 7.59. The average molecular weight is 292 g/mol. The van der Waals surface area contributed by atoms with E-state index in [1.807, 2.05) is 27.7 Å². The van der Waals surface area contributed by atoms with Crippen LogP contribution in [0.1, 0.15) is 45.7 Å². The van der Waals surface area contributed by atoms with Crippen LogP contribution in [0.2, 0.25) is 0 Å². The summed E-state index contributed by atoms with van der Waals surface area (Å²) in [4.78, 5) is 11.6. The number of alkyl carbamates (subject to hydrolysis) is 1. The van der Waals surface area contributed by atoms with Crippen molar-refractivity contribution in [1.29, 1.82) is 0 Å².